The van der Waals surface area contributed by atoms with Crippen LogP contribution in [-0.2, 0) is 9.59 Å². The molecule has 0 bridgehead atoms. The molecule has 5 nitrogen and oxygen atoms in total. The van der Waals surface area contributed by atoms with Crippen molar-refractivity contribution in [2.24, 2.45) is 0 Å². The minimum Gasteiger partial charge on any atom is -0.350 e. The van der Waals surface area contributed by atoms with Crippen molar-refractivity contribution in [2.45, 2.75) is 18.9 Å². The van der Waals surface area contributed by atoms with Gasteiger partial charge < -0.3 is 10.2 Å². The van der Waals surface area contributed by atoms with Crippen molar-refractivity contribution in [1.29, 1.82) is 0 Å². The third kappa shape index (κ3) is 4.56. The number of carbonyl (C=O) groups is 2. The summed E-state index contributed by atoms with van der Waals surface area (Å²) in [6.07, 6.45) is 3.07. The summed E-state index contributed by atoms with van der Waals surface area (Å²) >= 11 is 0. The summed E-state index contributed by atoms with van der Waals surface area (Å²) in [5, 5.41) is 2.89. The molecule has 1 saturated heterocycles. The maximum absolute atomic E-state index is 11.5. The molecular formula is C12H21N3O2. The molecule has 0 unspecified atom stereocenters. The Bertz CT molecular complexity index is 294. The molecule has 1 N–H and O–H groups in total. The van der Waals surface area contributed by atoms with Gasteiger partial charge in [-0.3, -0.25) is 14.5 Å². The van der Waals surface area contributed by atoms with E-state index in [0.717, 1.165) is 25.9 Å². The highest BCUT2D eigenvalue weighted by molar-refractivity contribution is 5.87. The molecule has 1 heterocycles. The summed E-state index contributed by atoms with van der Waals surface area (Å²) in [6.45, 7) is 5.59. The molecule has 0 spiro atoms. The van der Waals surface area contributed by atoms with Gasteiger partial charge in [0.15, 0.2) is 0 Å². The lowest BCUT2D eigenvalue weighted by Gasteiger charge is -2.32. The number of carbonyl (C=O) groups excluding carboxylic acids is 2. The number of rotatable bonds is 4. The smallest absolute Gasteiger partial charge is 0.243 e. The molecule has 0 atom stereocenters. The third-order valence-corrected chi connectivity index (χ3v) is 2.98. The number of likely N-dealkylation sites (tertiary alicyclic amines) is 1. The Hall–Kier alpha value is -1.36. The normalized spacial score (nSPS) is 17.5. The zero-order valence-corrected chi connectivity index (χ0v) is 10.6. The van der Waals surface area contributed by atoms with Gasteiger partial charge >= 0.3 is 0 Å². The molecule has 0 radical (unpaired) electrons. The molecule has 0 aromatic carbocycles. The monoisotopic (exact) mass is 239 g/mol. The minimum absolute atomic E-state index is 0.118. The highest BCUT2D eigenvalue weighted by Gasteiger charge is 2.21. The van der Waals surface area contributed by atoms with Crippen LogP contribution in [0, 0.1) is 0 Å². The first-order valence-corrected chi connectivity index (χ1v) is 5.88. The molecule has 0 aromatic heterocycles. The van der Waals surface area contributed by atoms with E-state index in [1.165, 1.54) is 6.08 Å². The lowest BCUT2D eigenvalue weighted by molar-refractivity contribution is -0.130. The highest BCUT2D eigenvalue weighted by Crippen LogP contribution is 2.10. The lowest BCUT2D eigenvalue weighted by atomic mass is 10.1. The van der Waals surface area contributed by atoms with Crippen molar-refractivity contribution in [1.82, 2.24) is 15.1 Å². The van der Waals surface area contributed by atoms with E-state index in [0.29, 0.717) is 6.54 Å². The SMILES string of the molecule is C=CC(=O)NC1CCN(CC(=O)N(C)C)CC1. The van der Waals surface area contributed by atoms with Crippen LogP contribution >= 0.6 is 0 Å². The molecular weight excluding hydrogens is 218 g/mol. The number of hydrogen-bond acceptors (Lipinski definition) is 3. The van der Waals surface area contributed by atoms with Gasteiger partial charge in [0.2, 0.25) is 11.8 Å². The fourth-order valence-electron chi connectivity index (χ4n) is 1.83. The van der Waals surface area contributed by atoms with Gasteiger partial charge in [-0.2, -0.15) is 0 Å². The largest absolute Gasteiger partial charge is 0.350 e. The molecule has 0 aliphatic carbocycles. The van der Waals surface area contributed by atoms with E-state index in [4.69, 9.17) is 0 Å². The molecule has 2 amide bonds. The van der Waals surface area contributed by atoms with Crippen LogP contribution in [0.1, 0.15) is 12.8 Å². The Kier molecular flexibility index (Phi) is 5.15. The van der Waals surface area contributed by atoms with Gasteiger partial charge in [0, 0.05) is 33.2 Å². The average Bonchev–Trinajstić information content (AvgIpc) is 2.31. The first-order chi connectivity index (χ1) is 8.02. The van der Waals surface area contributed by atoms with Crippen LogP contribution in [0.25, 0.3) is 0 Å². The van der Waals surface area contributed by atoms with Gasteiger partial charge in [-0.25, -0.2) is 0 Å². The number of likely N-dealkylation sites (N-methyl/N-ethyl adjacent to an activating group) is 1. The Morgan fingerprint density at radius 3 is 2.47 bits per heavy atom. The van der Waals surface area contributed by atoms with Gasteiger partial charge in [-0.05, 0) is 18.9 Å². The standard InChI is InChI=1S/C12H21N3O2/c1-4-11(16)13-10-5-7-15(8-6-10)9-12(17)14(2)3/h4,10H,1,5-9H2,2-3H3,(H,13,16). The quantitative estimate of drug-likeness (QED) is 0.694. The molecule has 1 aliphatic heterocycles. The zero-order chi connectivity index (χ0) is 12.8. The second kappa shape index (κ2) is 6.39. The summed E-state index contributed by atoms with van der Waals surface area (Å²) in [4.78, 5) is 26.4. The van der Waals surface area contributed by atoms with Gasteiger partial charge in [0.05, 0.1) is 6.54 Å². The predicted octanol–water partition coefficient (Wildman–Crippen LogP) is -0.159. The Labute approximate surface area is 102 Å². The summed E-state index contributed by atoms with van der Waals surface area (Å²) in [5.74, 6) is 0.00592. The van der Waals surface area contributed by atoms with E-state index >= 15 is 0 Å². The van der Waals surface area contributed by atoms with Crippen LogP contribution in [0.4, 0.5) is 0 Å². The van der Waals surface area contributed by atoms with Crippen LogP contribution in [0.2, 0.25) is 0 Å². The molecule has 96 valence electrons. The van der Waals surface area contributed by atoms with Gasteiger partial charge in [0.25, 0.3) is 0 Å². The summed E-state index contributed by atoms with van der Waals surface area (Å²) in [7, 11) is 3.53. The van der Waals surface area contributed by atoms with E-state index in [-0.39, 0.29) is 17.9 Å². The fraction of sp³-hybridized carbons (Fsp3) is 0.667. The molecule has 17 heavy (non-hydrogen) atoms. The van der Waals surface area contributed by atoms with Gasteiger partial charge in [0.1, 0.15) is 0 Å². The maximum atomic E-state index is 11.5. The number of piperidine rings is 1. The topological polar surface area (TPSA) is 52.7 Å². The van der Waals surface area contributed by atoms with Crippen LogP contribution in [-0.4, -0.2) is 61.4 Å². The summed E-state index contributed by atoms with van der Waals surface area (Å²) in [6, 6.07) is 0.214. The molecule has 1 fully saturated rings. The number of nitrogens with zero attached hydrogens (tertiary/aromatic N) is 2. The van der Waals surface area contributed by atoms with Crippen molar-refractivity contribution >= 4 is 11.8 Å². The third-order valence-electron chi connectivity index (χ3n) is 2.98. The van der Waals surface area contributed by atoms with E-state index in [1.54, 1.807) is 19.0 Å². The second-order valence-corrected chi connectivity index (χ2v) is 4.55. The van der Waals surface area contributed by atoms with Crippen molar-refractivity contribution in [3.63, 3.8) is 0 Å². The second-order valence-electron chi connectivity index (χ2n) is 4.55. The van der Waals surface area contributed by atoms with E-state index < -0.39 is 0 Å². The van der Waals surface area contributed by atoms with Crippen molar-refractivity contribution < 1.29 is 9.59 Å². The molecule has 5 heteroatoms. The first-order valence-electron chi connectivity index (χ1n) is 5.88. The lowest BCUT2D eigenvalue weighted by Crippen LogP contribution is -2.46. The Morgan fingerprint density at radius 2 is 2.00 bits per heavy atom. The van der Waals surface area contributed by atoms with Crippen LogP contribution in [0.5, 0.6) is 0 Å². The minimum atomic E-state index is -0.118. The van der Waals surface area contributed by atoms with Crippen molar-refractivity contribution in [3.8, 4) is 0 Å². The van der Waals surface area contributed by atoms with Crippen molar-refractivity contribution in [3.05, 3.63) is 12.7 Å². The molecule has 1 rings (SSSR count). The fourth-order valence-corrected chi connectivity index (χ4v) is 1.83. The molecule has 1 aliphatic rings. The van der Waals surface area contributed by atoms with Gasteiger partial charge in [-0.1, -0.05) is 6.58 Å². The number of amides is 2. The number of nitrogens with one attached hydrogen (secondary N) is 1. The molecule has 0 saturated carbocycles. The Morgan fingerprint density at radius 1 is 1.41 bits per heavy atom. The zero-order valence-electron chi connectivity index (χ0n) is 10.6. The van der Waals surface area contributed by atoms with E-state index in [9.17, 15) is 9.59 Å². The average molecular weight is 239 g/mol. The van der Waals surface area contributed by atoms with Crippen molar-refractivity contribution in [2.75, 3.05) is 33.7 Å². The Balaban J connectivity index is 2.28. The van der Waals surface area contributed by atoms with Gasteiger partial charge in [-0.15, -0.1) is 0 Å². The molecule has 0 aromatic rings. The summed E-state index contributed by atoms with van der Waals surface area (Å²) in [5.41, 5.74) is 0. The van der Waals surface area contributed by atoms with Crippen LogP contribution < -0.4 is 5.32 Å². The maximum Gasteiger partial charge on any atom is 0.243 e. The van der Waals surface area contributed by atoms with Crippen LogP contribution in [0.3, 0.4) is 0 Å². The first kappa shape index (κ1) is 13.7. The van der Waals surface area contributed by atoms with Crippen LogP contribution in [0.15, 0.2) is 12.7 Å². The number of hydrogen-bond donors (Lipinski definition) is 1. The highest BCUT2D eigenvalue weighted by atomic mass is 16.2. The van der Waals surface area contributed by atoms with E-state index in [1.807, 2.05) is 0 Å². The predicted molar refractivity (Wildman–Crippen MR) is 66.5 cm³/mol. The van der Waals surface area contributed by atoms with E-state index in [2.05, 4.69) is 16.8 Å². The summed E-state index contributed by atoms with van der Waals surface area (Å²) < 4.78 is 0.